The molecule has 0 fully saturated rings. The monoisotopic (exact) mass is 406 g/mol. The van der Waals surface area contributed by atoms with Crippen molar-refractivity contribution in [1.82, 2.24) is 10.0 Å². The summed E-state index contributed by atoms with van der Waals surface area (Å²) in [5.74, 6) is -0.0540. The number of benzene rings is 2. The Balaban J connectivity index is 2.33. The van der Waals surface area contributed by atoms with E-state index in [9.17, 15) is 8.42 Å². The summed E-state index contributed by atoms with van der Waals surface area (Å²) in [6, 6.07) is 13.2. The van der Waals surface area contributed by atoms with Crippen LogP contribution in [0.3, 0.4) is 0 Å². The Hall–Kier alpha value is -2.35. The molecule has 0 unspecified atom stereocenters. The Labute approximate surface area is 165 Å². The first kappa shape index (κ1) is 21.0. The van der Waals surface area contributed by atoms with Gasteiger partial charge in [-0.2, -0.15) is 0 Å². The van der Waals surface area contributed by atoms with E-state index in [1.165, 1.54) is 7.05 Å². The summed E-state index contributed by atoms with van der Waals surface area (Å²) in [5.41, 5.74) is 3.60. The number of sulfonamides is 1. The van der Waals surface area contributed by atoms with Crippen LogP contribution in [0, 0.1) is 5.41 Å². The normalized spacial score (nSPS) is 11.5. The number of nitrogens with one attached hydrogen (secondary N) is 4. The second-order valence-corrected chi connectivity index (χ2v) is 8.24. The second-order valence-electron chi connectivity index (χ2n) is 5.75. The summed E-state index contributed by atoms with van der Waals surface area (Å²) in [5, 5.41) is 15.0. The molecule has 8 heteroatoms. The van der Waals surface area contributed by atoms with Crippen LogP contribution in [0.25, 0.3) is 11.1 Å². The Morgan fingerprint density at radius 3 is 2.41 bits per heavy atom. The smallest absolute Gasteiger partial charge is 0.213 e. The first-order chi connectivity index (χ1) is 12.9. The van der Waals surface area contributed by atoms with Gasteiger partial charge in [0.05, 0.1) is 11.5 Å². The lowest BCUT2D eigenvalue weighted by atomic mass is 9.99. The highest BCUT2D eigenvalue weighted by atomic mass is 35.5. The van der Waals surface area contributed by atoms with Gasteiger partial charge < -0.3 is 16.0 Å². The summed E-state index contributed by atoms with van der Waals surface area (Å²) >= 11 is 5.95. The molecule has 144 valence electrons. The molecule has 0 bridgehead atoms. The van der Waals surface area contributed by atoms with E-state index in [1.54, 1.807) is 19.3 Å². The fourth-order valence-electron chi connectivity index (χ4n) is 2.42. The molecule has 27 heavy (non-hydrogen) atoms. The van der Waals surface area contributed by atoms with Crippen LogP contribution in [0.4, 0.5) is 5.69 Å². The maximum atomic E-state index is 11.6. The third-order valence-electron chi connectivity index (χ3n) is 3.90. The van der Waals surface area contributed by atoms with Gasteiger partial charge in [0.15, 0.2) is 0 Å². The molecule has 0 aliphatic rings. The van der Waals surface area contributed by atoms with Crippen molar-refractivity contribution in [3.05, 3.63) is 65.3 Å². The zero-order valence-corrected chi connectivity index (χ0v) is 16.8. The van der Waals surface area contributed by atoms with E-state index in [1.807, 2.05) is 42.5 Å². The lowest BCUT2D eigenvalue weighted by Gasteiger charge is -2.14. The maximum absolute atomic E-state index is 11.6. The van der Waals surface area contributed by atoms with Crippen LogP contribution >= 0.6 is 11.6 Å². The van der Waals surface area contributed by atoms with E-state index >= 15 is 0 Å². The molecule has 0 radical (unpaired) electrons. The van der Waals surface area contributed by atoms with E-state index in [4.69, 9.17) is 17.0 Å². The molecule has 6 nitrogen and oxygen atoms in total. The lowest BCUT2D eigenvalue weighted by Crippen LogP contribution is -2.26. The highest BCUT2D eigenvalue weighted by molar-refractivity contribution is 7.89. The summed E-state index contributed by atoms with van der Waals surface area (Å²) < 4.78 is 25.5. The van der Waals surface area contributed by atoms with Crippen LogP contribution in [-0.2, 0) is 10.0 Å². The van der Waals surface area contributed by atoms with Crippen LogP contribution in [-0.4, -0.2) is 40.5 Å². The maximum Gasteiger partial charge on any atom is 0.213 e. The molecule has 0 aromatic heterocycles. The minimum Gasteiger partial charge on any atom is -0.394 e. The molecule has 0 spiro atoms. The lowest BCUT2D eigenvalue weighted by molar-refractivity contribution is 0.588. The van der Waals surface area contributed by atoms with E-state index in [0.29, 0.717) is 22.0 Å². The fraction of sp³-hybridized carbons (Fsp3) is 0.211. The van der Waals surface area contributed by atoms with Crippen molar-refractivity contribution in [2.24, 2.45) is 0 Å². The average molecular weight is 407 g/mol. The van der Waals surface area contributed by atoms with Gasteiger partial charge in [-0.1, -0.05) is 29.8 Å². The molecule has 4 N–H and O–H groups in total. The number of hydrogen-bond donors (Lipinski definition) is 4. The summed E-state index contributed by atoms with van der Waals surface area (Å²) in [6.45, 7) is 0.236. The Kier molecular flexibility index (Phi) is 7.41. The average Bonchev–Trinajstić information content (AvgIpc) is 2.67. The standard InChI is InChI=1S/C19H23ClN4O2S/c1-22-10-9-18(21)17-13-15(14-3-6-16(20)7-4-14)5-8-19(17)24-11-12-27(25,26)23-2/h3-10,13,21-24H,11-12H2,1-2H3/b10-9-,21-18?. The molecule has 2 aromatic carbocycles. The van der Waals surface area contributed by atoms with E-state index < -0.39 is 10.0 Å². The molecule has 0 aliphatic carbocycles. The molecule has 0 atom stereocenters. The highest BCUT2D eigenvalue weighted by Gasteiger charge is 2.11. The van der Waals surface area contributed by atoms with Gasteiger partial charge >= 0.3 is 0 Å². The number of halogens is 1. The third kappa shape index (κ3) is 6.09. The molecule has 0 heterocycles. The zero-order chi connectivity index (χ0) is 19.9. The SMILES string of the molecule is CN/C=C\C(=N)c1cc(-c2ccc(Cl)cc2)ccc1NCCS(=O)(=O)NC. The summed E-state index contributed by atoms with van der Waals surface area (Å²) in [6.07, 6.45) is 3.32. The number of hydrogen-bond acceptors (Lipinski definition) is 5. The molecule has 0 saturated carbocycles. The van der Waals surface area contributed by atoms with Gasteiger partial charge in [-0.05, 0) is 54.7 Å². The molecular formula is C19H23ClN4O2S. The minimum absolute atomic E-state index is 0.0540. The van der Waals surface area contributed by atoms with Crippen molar-refractivity contribution in [3.8, 4) is 11.1 Å². The first-order valence-corrected chi connectivity index (χ1v) is 10.4. The van der Waals surface area contributed by atoms with E-state index in [0.717, 1.165) is 11.1 Å². The molecule has 2 rings (SSSR count). The van der Waals surface area contributed by atoms with Gasteiger partial charge in [-0.25, -0.2) is 13.1 Å². The predicted octanol–water partition coefficient (Wildman–Crippen LogP) is 3.07. The summed E-state index contributed by atoms with van der Waals surface area (Å²) in [7, 11) is -0.146. The fourth-order valence-corrected chi connectivity index (χ4v) is 3.12. The summed E-state index contributed by atoms with van der Waals surface area (Å²) in [4.78, 5) is 0. The van der Waals surface area contributed by atoms with Crippen molar-refractivity contribution in [2.75, 3.05) is 31.7 Å². The van der Waals surface area contributed by atoms with E-state index in [-0.39, 0.29) is 12.3 Å². The Bertz CT molecular complexity index is 925. The van der Waals surface area contributed by atoms with Crippen molar-refractivity contribution in [2.45, 2.75) is 0 Å². The van der Waals surface area contributed by atoms with Crippen molar-refractivity contribution in [3.63, 3.8) is 0 Å². The first-order valence-electron chi connectivity index (χ1n) is 8.34. The number of allylic oxidation sites excluding steroid dienone is 1. The zero-order valence-electron chi connectivity index (χ0n) is 15.2. The second kappa shape index (κ2) is 9.55. The molecule has 0 amide bonds. The van der Waals surface area contributed by atoms with Gasteiger partial charge in [0.25, 0.3) is 0 Å². The largest absolute Gasteiger partial charge is 0.394 e. The van der Waals surface area contributed by atoms with Gasteiger partial charge in [0, 0.05) is 29.9 Å². The van der Waals surface area contributed by atoms with Crippen LogP contribution in [0.2, 0.25) is 5.02 Å². The van der Waals surface area contributed by atoms with E-state index in [2.05, 4.69) is 15.4 Å². The van der Waals surface area contributed by atoms with Crippen molar-refractivity contribution in [1.29, 1.82) is 5.41 Å². The minimum atomic E-state index is -3.29. The highest BCUT2D eigenvalue weighted by Crippen LogP contribution is 2.27. The Morgan fingerprint density at radius 2 is 1.78 bits per heavy atom. The predicted molar refractivity (Wildman–Crippen MR) is 113 cm³/mol. The molecule has 2 aromatic rings. The molecule has 0 saturated heterocycles. The van der Waals surface area contributed by atoms with Gasteiger partial charge in [0.2, 0.25) is 10.0 Å². The van der Waals surface area contributed by atoms with Gasteiger partial charge in [-0.15, -0.1) is 0 Å². The van der Waals surface area contributed by atoms with Gasteiger partial charge in [0.1, 0.15) is 0 Å². The topological polar surface area (TPSA) is 94.1 Å². The van der Waals surface area contributed by atoms with Crippen LogP contribution < -0.4 is 15.4 Å². The Morgan fingerprint density at radius 1 is 1.11 bits per heavy atom. The molecule has 0 aliphatic heterocycles. The van der Waals surface area contributed by atoms with Gasteiger partial charge in [-0.3, -0.25) is 0 Å². The van der Waals surface area contributed by atoms with Crippen molar-refractivity contribution < 1.29 is 8.42 Å². The van der Waals surface area contributed by atoms with Crippen LogP contribution in [0.5, 0.6) is 0 Å². The quantitative estimate of drug-likeness (QED) is 0.481. The van der Waals surface area contributed by atoms with Crippen molar-refractivity contribution >= 4 is 33.0 Å². The number of anilines is 1. The number of rotatable bonds is 9. The third-order valence-corrected chi connectivity index (χ3v) is 5.52. The van der Waals surface area contributed by atoms with Crippen LogP contribution in [0.15, 0.2) is 54.7 Å². The van der Waals surface area contributed by atoms with Crippen LogP contribution in [0.1, 0.15) is 5.56 Å². The molecular weight excluding hydrogens is 384 g/mol.